The summed E-state index contributed by atoms with van der Waals surface area (Å²) in [6.45, 7) is 5.28. The third-order valence-corrected chi connectivity index (χ3v) is 6.19. The second-order valence-corrected chi connectivity index (χ2v) is 8.58. The van der Waals surface area contributed by atoms with Crippen LogP contribution in [-0.2, 0) is 6.54 Å². The van der Waals surface area contributed by atoms with Crippen molar-refractivity contribution in [1.82, 2.24) is 20.8 Å². The Morgan fingerprint density at radius 2 is 1.52 bits per heavy atom. The molecule has 0 saturated carbocycles. The lowest BCUT2D eigenvalue weighted by atomic mass is 9.96. The van der Waals surface area contributed by atoms with Gasteiger partial charge in [0.05, 0.1) is 12.6 Å². The van der Waals surface area contributed by atoms with Crippen LogP contribution in [-0.4, -0.2) is 47.7 Å². The zero-order chi connectivity index (χ0) is 22.9. The Morgan fingerprint density at radius 1 is 0.848 bits per heavy atom. The maximum atomic E-state index is 8.60. The summed E-state index contributed by atoms with van der Waals surface area (Å²) in [5.41, 5.74) is 9.25. The molecule has 0 spiro atoms. The maximum Gasteiger partial charge on any atom is 0.0606 e. The Bertz CT molecular complexity index is 1050. The number of nitrogens with zero attached hydrogens (tertiary/aromatic N) is 2. The van der Waals surface area contributed by atoms with E-state index < -0.39 is 0 Å². The molecule has 1 fully saturated rings. The highest BCUT2D eigenvalue weighted by molar-refractivity contribution is 6.30. The van der Waals surface area contributed by atoms with Crippen molar-refractivity contribution >= 4 is 11.6 Å². The van der Waals surface area contributed by atoms with Gasteiger partial charge in [-0.05, 0) is 41.0 Å². The van der Waals surface area contributed by atoms with Crippen LogP contribution >= 0.6 is 11.6 Å². The van der Waals surface area contributed by atoms with E-state index in [1.165, 1.54) is 11.1 Å². The Morgan fingerprint density at radius 3 is 2.18 bits per heavy atom. The molecule has 170 valence electrons. The molecule has 0 unspecified atom stereocenters. The summed E-state index contributed by atoms with van der Waals surface area (Å²) in [5, 5.41) is 9.36. The third kappa shape index (κ3) is 6.66. The van der Waals surface area contributed by atoms with Crippen LogP contribution in [0, 0.1) is 11.8 Å². The van der Waals surface area contributed by atoms with Crippen molar-refractivity contribution in [3.63, 3.8) is 0 Å². The summed E-state index contributed by atoms with van der Waals surface area (Å²) in [7, 11) is 0. The monoisotopic (exact) mass is 460 g/mol. The van der Waals surface area contributed by atoms with Gasteiger partial charge >= 0.3 is 0 Å². The quantitative estimate of drug-likeness (QED) is 0.366. The maximum absolute atomic E-state index is 8.60. The van der Waals surface area contributed by atoms with Crippen LogP contribution < -0.4 is 11.0 Å². The second kappa shape index (κ2) is 12.0. The van der Waals surface area contributed by atoms with E-state index in [0.717, 1.165) is 48.9 Å². The Balaban J connectivity index is 1.35. The molecule has 0 bridgehead atoms. The van der Waals surface area contributed by atoms with Gasteiger partial charge in [0.1, 0.15) is 0 Å². The van der Waals surface area contributed by atoms with Gasteiger partial charge in [-0.1, -0.05) is 78.0 Å². The molecule has 1 atom stereocenters. The fraction of sp³-hybridized carbons (Fsp3) is 0.259. The molecule has 1 aliphatic rings. The predicted molar refractivity (Wildman–Crippen MR) is 133 cm³/mol. The summed E-state index contributed by atoms with van der Waals surface area (Å²) in [4.78, 5) is 4.97. The Hall–Kier alpha value is -2.69. The molecule has 0 radical (unpaired) electrons. The molecule has 33 heavy (non-hydrogen) atoms. The largest absolute Gasteiger partial charge is 0.302 e. The van der Waals surface area contributed by atoms with Crippen LogP contribution in [0.15, 0.2) is 78.9 Å². The average molecular weight is 461 g/mol. The minimum absolute atomic E-state index is 0.228. The van der Waals surface area contributed by atoms with Crippen LogP contribution in [0.1, 0.15) is 28.3 Å². The topological polar surface area (TPSA) is 50.8 Å². The minimum atomic E-state index is 0.228. The first kappa shape index (κ1) is 23.5. The fourth-order valence-corrected chi connectivity index (χ4v) is 4.30. The third-order valence-electron chi connectivity index (χ3n) is 5.93. The highest BCUT2D eigenvalue weighted by atomic mass is 35.5. The van der Waals surface area contributed by atoms with E-state index in [0.29, 0.717) is 6.54 Å². The molecule has 4 rings (SSSR count). The molecule has 1 heterocycles. The highest BCUT2D eigenvalue weighted by Gasteiger charge is 2.26. The van der Waals surface area contributed by atoms with Crippen molar-refractivity contribution in [3.05, 3.63) is 106 Å². The summed E-state index contributed by atoms with van der Waals surface area (Å²) >= 11 is 6.14. The first-order valence-corrected chi connectivity index (χ1v) is 11.6. The summed E-state index contributed by atoms with van der Waals surface area (Å²) in [5.74, 6) is 6.59. The van der Waals surface area contributed by atoms with Crippen LogP contribution in [0.5, 0.6) is 0 Å². The molecule has 0 amide bonds. The molecule has 3 aromatic carbocycles. The van der Waals surface area contributed by atoms with E-state index in [9.17, 15) is 0 Å². The number of nitrogens with one attached hydrogen (secondary N) is 2. The standard InChI is InChI=1S/C27H29ClN4O/c28-26-14-12-25(13-15-26)27(24-6-2-1-3-7-24)32-19-17-31(18-20-32)16-4-5-22-8-10-23(11-9-22)21-29-30-33/h1-3,6-15,27,29-30,33H,16-21H2/t27-/m1/s1. The van der Waals surface area contributed by atoms with Crippen molar-refractivity contribution in [3.8, 4) is 11.8 Å². The lowest BCUT2D eigenvalue weighted by Crippen LogP contribution is -2.47. The van der Waals surface area contributed by atoms with Crippen LogP contribution in [0.25, 0.3) is 0 Å². The Labute approximate surface area is 200 Å². The van der Waals surface area contributed by atoms with Crippen molar-refractivity contribution in [1.29, 1.82) is 0 Å². The molecule has 6 heteroatoms. The fourth-order valence-electron chi connectivity index (χ4n) is 4.18. The van der Waals surface area contributed by atoms with E-state index >= 15 is 0 Å². The number of hydrazine groups is 1. The van der Waals surface area contributed by atoms with Gasteiger partial charge in [0.25, 0.3) is 0 Å². The molecule has 5 nitrogen and oxygen atoms in total. The first-order valence-electron chi connectivity index (χ1n) is 11.2. The van der Waals surface area contributed by atoms with E-state index in [4.69, 9.17) is 16.8 Å². The summed E-state index contributed by atoms with van der Waals surface area (Å²) in [6, 6.07) is 27.2. The van der Waals surface area contributed by atoms with Crippen LogP contribution in [0.4, 0.5) is 0 Å². The zero-order valence-corrected chi connectivity index (χ0v) is 19.3. The molecule has 0 aliphatic carbocycles. The van der Waals surface area contributed by atoms with Gasteiger partial charge in [-0.15, -0.1) is 5.59 Å². The van der Waals surface area contributed by atoms with Crippen molar-refractivity contribution in [2.75, 3.05) is 32.7 Å². The van der Waals surface area contributed by atoms with Crippen LogP contribution in [0.3, 0.4) is 0 Å². The Kier molecular flexibility index (Phi) is 8.51. The summed E-state index contributed by atoms with van der Waals surface area (Å²) in [6.07, 6.45) is 0. The number of piperazine rings is 1. The van der Waals surface area contributed by atoms with Crippen LogP contribution in [0.2, 0.25) is 5.02 Å². The minimum Gasteiger partial charge on any atom is -0.302 e. The van der Waals surface area contributed by atoms with Crippen molar-refractivity contribution in [2.24, 2.45) is 0 Å². The normalized spacial score (nSPS) is 15.6. The number of halogens is 1. The smallest absolute Gasteiger partial charge is 0.0606 e. The molecule has 3 aromatic rings. The molecule has 3 N–H and O–H groups in total. The van der Waals surface area contributed by atoms with Gasteiger partial charge < -0.3 is 5.21 Å². The van der Waals surface area contributed by atoms with E-state index in [-0.39, 0.29) is 6.04 Å². The highest BCUT2D eigenvalue weighted by Crippen LogP contribution is 2.30. The lowest BCUT2D eigenvalue weighted by molar-refractivity contribution is 0.118. The molecule has 1 aliphatic heterocycles. The SMILES string of the molecule is ONNCc1ccc(C#CCN2CCN([C@H](c3ccccc3)c3ccc(Cl)cc3)CC2)cc1. The molecule has 0 aromatic heterocycles. The number of rotatable bonds is 7. The van der Waals surface area contributed by atoms with Gasteiger partial charge in [0, 0.05) is 43.3 Å². The average Bonchev–Trinajstić information content (AvgIpc) is 2.86. The molecule has 1 saturated heterocycles. The lowest BCUT2D eigenvalue weighted by Gasteiger charge is -2.39. The van der Waals surface area contributed by atoms with E-state index in [2.05, 4.69) is 69.5 Å². The number of hydrogen-bond acceptors (Lipinski definition) is 5. The first-order chi connectivity index (χ1) is 16.2. The van der Waals surface area contributed by atoms with Crippen molar-refractivity contribution < 1.29 is 5.21 Å². The second-order valence-electron chi connectivity index (χ2n) is 8.14. The van der Waals surface area contributed by atoms with Gasteiger partial charge in [0.15, 0.2) is 0 Å². The van der Waals surface area contributed by atoms with Gasteiger partial charge in [-0.25, -0.2) is 5.43 Å². The van der Waals surface area contributed by atoms with Crippen molar-refractivity contribution in [2.45, 2.75) is 12.6 Å². The summed E-state index contributed by atoms with van der Waals surface area (Å²) < 4.78 is 0. The van der Waals surface area contributed by atoms with E-state index in [1.54, 1.807) is 0 Å². The predicted octanol–water partition coefficient (Wildman–Crippen LogP) is 4.08. The van der Waals surface area contributed by atoms with Gasteiger partial charge in [0.2, 0.25) is 0 Å². The zero-order valence-electron chi connectivity index (χ0n) is 18.5. The number of hydrogen-bond donors (Lipinski definition) is 3. The molecular formula is C27H29ClN4O. The van der Waals surface area contributed by atoms with E-state index in [1.807, 2.05) is 42.0 Å². The van der Waals surface area contributed by atoms with Gasteiger partial charge in [-0.3, -0.25) is 9.80 Å². The number of benzene rings is 3. The van der Waals surface area contributed by atoms with Gasteiger partial charge in [-0.2, -0.15) is 0 Å². The molecular weight excluding hydrogens is 432 g/mol.